The quantitative estimate of drug-likeness (QED) is 0.146. The van der Waals surface area contributed by atoms with E-state index in [9.17, 15) is 19.2 Å². The second kappa shape index (κ2) is 14.2. The van der Waals surface area contributed by atoms with E-state index in [1.54, 1.807) is 75.4 Å². The van der Waals surface area contributed by atoms with Gasteiger partial charge in [-0.05, 0) is 68.8 Å². The van der Waals surface area contributed by atoms with Crippen molar-refractivity contribution in [2.24, 2.45) is 5.73 Å². The molecule has 3 N–H and O–H groups in total. The van der Waals surface area contributed by atoms with Crippen LogP contribution in [0.25, 0.3) is 6.08 Å². The van der Waals surface area contributed by atoms with Crippen molar-refractivity contribution in [3.63, 3.8) is 0 Å². The highest BCUT2D eigenvalue weighted by atomic mass is 16.5. The zero-order chi connectivity index (χ0) is 27.4. The molecule has 0 aliphatic rings. The molecule has 37 heavy (non-hydrogen) atoms. The van der Waals surface area contributed by atoms with Crippen LogP contribution >= 0.6 is 0 Å². The van der Waals surface area contributed by atoms with E-state index in [0.717, 1.165) is 0 Å². The van der Waals surface area contributed by atoms with Crippen LogP contribution in [-0.2, 0) is 23.9 Å². The lowest BCUT2D eigenvalue weighted by Crippen LogP contribution is -2.38. The Morgan fingerprint density at radius 3 is 2.03 bits per heavy atom. The predicted molar refractivity (Wildman–Crippen MR) is 137 cm³/mol. The van der Waals surface area contributed by atoms with Gasteiger partial charge < -0.3 is 24.8 Å². The van der Waals surface area contributed by atoms with Gasteiger partial charge in [-0.2, -0.15) is 0 Å². The Morgan fingerprint density at radius 1 is 0.892 bits per heavy atom. The van der Waals surface area contributed by atoms with Crippen molar-refractivity contribution in [2.45, 2.75) is 27.2 Å². The van der Waals surface area contributed by atoms with Gasteiger partial charge >= 0.3 is 17.9 Å². The van der Waals surface area contributed by atoms with E-state index in [-0.39, 0.29) is 38.6 Å². The number of hydrogen-bond donors (Lipinski definition) is 2. The van der Waals surface area contributed by atoms with Crippen LogP contribution in [-0.4, -0.2) is 60.9 Å². The van der Waals surface area contributed by atoms with Gasteiger partial charge in [-0.3, -0.25) is 19.8 Å². The monoisotopic (exact) mass is 509 g/mol. The summed E-state index contributed by atoms with van der Waals surface area (Å²) in [5.74, 6) is -1.83. The summed E-state index contributed by atoms with van der Waals surface area (Å²) in [7, 11) is 0. The number of nitrogens with one attached hydrogen (secondary N) is 1. The summed E-state index contributed by atoms with van der Waals surface area (Å²) >= 11 is 0. The molecular weight excluding hydrogens is 478 g/mol. The standard InChI is InChI=1S/C27H31N3O7/c1-4-35-23(31)14-15-30(17-24(32)36-5-2)26(33)18(3)16-19-6-8-21(9-7-19)27(34)37-22-12-10-20(11-13-22)25(28)29/h6-13,16H,4-5,14-15,17H2,1-3H3,(H3,28,29)/b18-16+. The molecular formula is C27H31N3O7. The highest BCUT2D eigenvalue weighted by Gasteiger charge is 2.21. The van der Waals surface area contributed by atoms with Gasteiger partial charge in [0.05, 0.1) is 25.2 Å². The molecule has 2 aromatic carbocycles. The smallest absolute Gasteiger partial charge is 0.343 e. The number of hydrogen-bond acceptors (Lipinski definition) is 8. The lowest BCUT2D eigenvalue weighted by atomic mass is 10.1. The molecule has 0 radical (unpaired) electrons. The summed E-state index contributed by atoms with van der Waals surface area (Å²) in [5.41, 5.74) is 7.21. The van der Waals surface area contributed by atoms with Crippen LogP contribution in [0.15, 0.2) is 54.1 Å². The summed E-state index contributed by atoms with van der Waals surface area (Å²) in [6.45, 7) is 5.04. The second-order valence-electron chi connectivity index (χ2n) is 7.86. The summed E-state index contributed by atoms with van der Waals surface area (Å²) in [6, 6.07) is 12.7. The Hall–Kier alpha value is -4.47. The van der Waals surface area contributed by atoms with Crippen LogP contribution in [0, 0.1) is 5.41 Å². The minimum absolute atomic E-state index is 0.000164. The van der Waals surface area contributed by atoms with Gasteiger partial charge in [0.25, 0.3) is 0 Å². The average Bonchev–Trinajstić information content (AvgIpc) is 2.87. The first-order valence-corrected chi connectivity index (χ1v) is 11.7. The molecule has 0 aliphatic carbocycles. The van der Waals surface area contributed by atoms with Crippen molar-refractivity contribution in [3.05, 3.63) is 70.8 Å². The van der Waals surface area contributed by atoms with Gasteiger partial charge in [0.15, 0.2) is 0 Å². The molecule has 0 unspecified atom stereocenters. The van der Waals surface area contributed by atoms with E-state index in [2.05, 4.69) is 0 Å². The third-order valence-corrected chi connectivity index (χ3v) is 5.05. The van der Waals surface area contributed by atoms with Crippen LogP contribution in [0.4, 0.5) is 0 Å². The highest BCUT2D eigenvalue weighted by Crippen LogP contribution is 2.16. The van der Waals surface area contributed by atoms with E-state index < -0.39 is 23.8 Å². The summed E-state index contributed by atoms with van der Waals surface area (Å²) < 4.78 is 15.2. The van der Waals surface area contributed by atoms with Crippen molar-refractivity contribution in [2.75, 3.05) is 26.3 Å². The molecule has 0 saturated heterocycles. The van der Waals surface area contributed by atoms with Crippen molar-refractivity contribution in [3.8, 4) is 5.75 Å². The number of benzene rings is 2. The normalized spacial score (nSPS) is 10.8. The molecule has 0 aromatic heterocycles. The first kappa shape index (κ1) is 28.8. The van der Waals surface area contributed by atoms with Gasteiger partial charge in [0, 0.05) is 17.7 Å². The molecule has 2 aromatic rings. The van der Waals surface area contributed by atoms with E-state index >= 15 is 0 Å². The number of rotatable bonds is 12. The Balaban J connectivity index is 2.09. The van der Waals surface area contributed by atoms with Crippen LogP contribution < -0.4 is 10.5 Å². The van der Waals surface area contributed by atoms with Gasteiger partial charge in [0.1, 0.15) is 18.1 Å². The lowest BCUT2D eigenvalue weighted by Gasteiger charge is -2.21. The molecule has 0 saturated carbocycles. The number of nitrogens with two attached hydrogens (primary N) is 1. The number of nitrogen functional groups attached to an aromatic ring is 1. The molecule has 0 heterocycles. The number of nitrogens with zero attached hydrogens (tertiary/aromatic N) is 1. The third-order valence-electron chi connectivity index (χ3n) is 5.05. The van der Waals surface area contributed by atoms with Crippen LogP contribution in [0.2, 0.25) is 0 Å². The number of esters is 3. The largest absolute Gasteiger partial charge is 0.466 e. The fraction of sp³-hybridized carbons (Fsp3) is 0.296. The van der Waals surface area contributed by atoms with Gasteiger partial charge in [-0.25, -0.2) is 4.79 Å². The fourth-order valence-corrected chi connectivity index (χ4v) is 3.22. The molecule has 10 heteroatoms. The molecule has 0 bridgehead atoms. The molecule has 0 fully saturated rings. The Morgan fingerprint density at radius 2 is 1.46 bits per heavy atom. The number of carbonyl (C=O) groups is 4. The molecule has 0 atom stereocenters. The summed E-state index contributed by atoms with van der Waals surface area (Å²) in [4.78, 5) is 50.4. The Labute approximate surface area is 215 Å². The predicted octanol–water partition coefficient (Wildman–Crippen LogP) is 2.94. The second-order valence-corrected chi connectivity index (χ2v) is 7.86. The maximum absolute atomic E-state index is 13.0. The molecule has 2 rings (SSSR count). The fourth-order valence-electron chi connectivity index (χ4n) is 3.22. The van der Waals surface area contributed by atoms with Crippen LogP contribution in [0.5, 0.6) is 5.75 Å². The summed E-state index contributed by atoms with van der Waals surface area (Å²) in [6.07, 6.45) is 1.56. The molecule has 196 valence electrons. The summed E-state index contributed by atoms with van der Waals surface area (Å²) in [5, 5.41) is 7.40. The molecule has 0 aliphatic heterocycles. The molecule has 10 nitrogen and oxygen atoms in total. The van der Waals surface area contributed by atoms with Crippen molar-refractivity contribution >= 4 is 35.7 Å². The molecule has 1 amide bonds. The third kappa shape index (κ3) is 9.25. The Kier molecular flexibility index (Phi) is 11.0. The van der Waals surface area contributed by atoms with Crippen LogP contribution in [0.3, 0.4) is 0 Å². The van der Waals surface area contributed by atoms with Gasteiger partial charge in [-0.15, -0.1) is 0 Å². The topological polar surface area (TPSA) is 149 Å². The number of amidine groups is 1. The molecule has 0 spiro atoms. The Bertz CT molecular complexity index is 1160. The van der Waals surface area contributed by atoms with Crippen LogP contribution in [0.1, 0.15) is 48.7 Å². The first-order chi connectivity index (χ1) is 17.6. The highest BCUT2D eigenvalue weighted by molar-refractivity contribution is 5.99. The van der Waals surface area contributed by atoms with E-state index in [0.29, 0.717) is 28.0 Å². The van der Waals surface area contributed by atoms with Crippen molar-refractivity contribution < 1.29 is 33.4 Å². The number of carbonyl (C=O) groups excluding carboxylic acids is 4. The van der Waals surface area contributed by atoms with Crippen molar-refractivity contribution in [1.29, 1.82) is 5.41 Å². The number of amides is 1. The number of ether oxygens (including phenoxy) is 3. The minimum Gasteiger partial charge on any atom is -0.466 e. The first-order valence-electron chi connectivity index (χ1n) is 11.7. The van der Waals surface area contributed by atoms with Gasteiger partial charge in [0.2, 0.25) is 5.91 Å². The lowest BCUT2D eigenvalue weighted by molar-refractivity contribution is -0.150. The zero-order valence-electron chi connectivity index (χ0n) is 21.1. The van der Waals surface area contributed by atoms with Crippen molar-refractivity contribution in [1.82, 2.24) is 4.90 Å². The van der Waals surface area contributed by atoms with Gasteiger partial charge in [-0.1, -0.05) is 12.1 Å². The van der Waals surface area contributed by atoms with E-state index in [1.165, 1.54) is 4.90 Å². The zero-order valence-corrected chi connectivity index (χ0v) is 21.1. The minimum atomic E-state index is -0.577. The van der Waals surface area contributed by atoms with E-state index in [1.807, 2.05) is 0 Å². The van der Waals surface area contributed by atoms with E-state index in [4.69, 9.17) is 25.4 Å². The SMILES string of the molecule is CCOC(=O)CCN(CC(=O)OCC)C(=O)/C(C)=C/c1ccc(C(=O)Oc2ccc(C(=N)N)cc2)cc1. The average molecular weight is 510 g/mol. The maximum atomic E-state index is 13.0. The maximum Gasteiger partial charge on any atom is 0.343 e.